The first kappa shape index (κ1) is 11.0. The lowest BCUT2D eigenvalue weighted by molar-refractivity contribution is 0.211. The minimum Gasteiger partial charge on any atom is -0.383 e. The van der Waals surface area contributed by atoms with Crippen molar-refractivity contribution in [2.45, 2.75) is 0 Å². The predicted octanol–water partition coefficient (Wildman–Crippen LogP) is 2.26. The summed E-state index contributed by atoms with van der Waals surface area (Å²) in [7, 11) is 1.68. The molecular weight excluding hydrogens is 222 g/mol. The number of ether oxygens (including phenoxy) is 1. The molecule has 0 aromatic carbocycles. The quantitative estimate of drug-likeness (QED) is 0.807. The number of thiazole rings is 1. The van der Waals surface area contributed by atoms with E-state index in [0.717, 1.165) is 23.1 Å². The highest BCUT2D eigenvalue weighted by Gasteiger charge is 2.04. The summed E-state index contributed by atoms with van der Waals surface area (Å²) in [4.78, 5) is 8.69. The van der Waals surface area contributed by atoms with Crippen molar-refractivity contribution in [2.75, 3.05) is 25.6 Å². The molecule has 0 atom stereocenters. The topological polar surface area (TPSA) is 47.0 Å². The second kappa shape index (κ2) is 5.58. The van der Waals surface area contributed by atoms with E-state index in [4.69, 9.17) is 4.74 Å². The molecule has 4 nitrogen and oxygen atoms in total. The zero-order valence-corrected chi connectivity index (χ0v) is 9.83. The maximum atomic E-state index is 4.96. The van der Waals surface area contributed by atoms with E-state index in [1.54, 1.807) is 24.6 Å². The van der Waals surface area contributed by atoms with Crippen molar-refractivity contribution in [1.82, 2.24) is 9.97 Å². The SMILES string of the molecule is COCCNc1nc(-c2ccccn2)cs1. The fourth-order valence-corrected chi connectivity index (χ4v) is 1.98. The van der Waals surface area contributed by atoms with Gasteiger partial charge in [-0.15, -0.1) is 11.3 Å². The number of anilines is 1. The van der Waals surface area contributed by atoms with Gasteiger partial charge in [0.1, 0.15) is 5.69 Å². The first-order chi connectivity index (χ1) is 7.90. The van der Waals surface area contributed by atoms with Crippen molar-refractivity contribution in [2.24, 2.45) is 0 Å². The summed E-state index contributed by atoms with van der Waals surface area (Å²) in [5.74, 6) is 0. The van der Waals surface area contributed by atoms with Gasteiger partial charge in [0.05, 0.1) is 12.3 Å². The molecule has 1 N–H and O–H groups in total. The molecule has 0 saturated heterocycles. The lowest BCUT2D eigenvalue weighted by Gasteiger charge is -1.99. The van der Waals surface area contributed by atoms with Crippen molar-refractivity contribution in [1.29, 1.82) is 0 Å². The fourth-order valence-electron chi connectivity index (χ4n) is 1.25. The van der Waals surface area contributed by atoms with Gasteiger partial charge in [0, 0.05) is 25.2 Å². The van der Waals surface area contributed by atoms with E-state index < -0.39 is 0 Å². The number of methoxy groups -OCH3 is 1. The van der Waals surface area contributed by atoms with Crippen LogP contribution in [-0.4, -0.2) is 30.2 Å². The molecule has 0 aliphatic carbocycles. The lowest BCUT2D eigenvalue weighted by atomic mass is 10.3. The van der Waals surface area contributed by atoms with Gasteiger partial charge in [-0.3, -0.25) is 4.98 Å². The van der Waals surface area contributed by atoms with Gasteiger partial charge in [0.2, 0.25) is 0 Å². The van der Waals surface area contributed by atoms with E-state index in [2.05, 4.69) is 15.3 Å². The molecule has 0 bridgehead atoms. The van der Waals surface area contributed by atoms with Crippen LogP contribution < -0.4 is 5.32 Å². The van der Waals surface area contributed by atoms with Crippen LogP contribution in [0.15, 0.2) is 29.8 Å². The molecule has 0 spiro atoms. The number of hydrogen-bond donors (Lipinski definition) is 1. The highest BCUT2D eigenvalue weighted by Crippen LogP contribution is 2.22. The van der Waals surface area contributed by atoms with E-state index in [1.165, 1.54) is 0 Å². The summed E-state index contributed by atoms with van der Waals surface area (Å²) in [6.07, 6.45) is 1.77. The monoisotopic (exact) mass is 235 g/mol. The Labute approximate surface area is 98.3 Å². The van der Waals surface area contributed by atoms with Gasteiger partial charge < -0.3 is 10.1 Å². The number of hydrogen-bond acceptors (Lipinski definition) is 5. The van der Waals surface area contributed by atoms with Crippen molar-refractivity contribution in [3.63, 3.8) is 0 Å². The molecule has 2 aromatic rings. The van der Waals surface area contributed by atoms with Crippen molar-refractivity contribution >= 4 is 16.5 Å². The molecule has 0 fully saturated rings. The zero-order chi connectivity index (χ0) is 11.2. The third-order valence-corrected chi connectivity index (χ3v) is 2.81. The molecular formula is C11H13N3OS. The summed E-state index contributed by atoms with van der Waals surface area (Å²) in [6.45, 7) is 1.45. The smallest absolute Gasteiger partial charge is 0.183 e. The molecule has 0 unspecified atom stereocenters. The van der Waals surface area contributed by atoms with Crippen LogP contribution in [0.4, 0.5) is 5.13 Å². The van der Waals surface area contributed by atoms with Gasteiger partial charge in [-0.25, -0.2) is 4.98 Å². The molecule has 0 aliphatic rings. The standard InChI is InChI=1S/C11H13N3OS/c1-15-7-6-13-11-14-10(8-16-11)9-4-2-3-5-12-9/h2-5,8H,6-7H2,1H3,(H,13,14). The minimum atomic E-state index is 0.679. The summed E-state index contributed by atoms with van der Waals surface area (Å²) in [6, 6.07) is 5.81. The van der Waals surface area contributed by atoms with E-state index in [0.29, 0.717) is 6.61 Å². The zero-order valence-electron chi connectivity index (χ0n) is 9.01. The van der Waals surface area contributed by atoms with Crippen LogP contribution in [0.1, 0.15) is 0 Å². The van der Waals surface area contributed by atoms with Crippen LogP contribution in [0.2, 0.25) is 0 Å². The molecule has 84 valence electrons. The van der Waals surface area contributed by atoms with Gasteiger partial charge in [0.25, 0.3) is 0 Å². The molecule has 2 rings (SSSR count). The van der Waals surface area contributed by atoms with Gasteiger partial charge >= 0.3 is 0 Å². The van der Waals surface area contributed by atoms with E-state index in [-0.39, 0.29) is 0 Å². The molecule has 0 aliphatic heterocycles. The minimum absolute atomic E-state index is 0.679. The van der Waals surface area contributed by atoms with Gasteiger partial charge in [-0.2, -0.15) is 0 Å². The summed E-state index contributed by atoms with van der Waals surface area (Å²) in [5.41, 5.74) is 1.81. The van der Waals surface area contributed by atoms with Crippen molar-refractivity contribution in [3.05, 3.63) is 29.8 Å². The average Bonchev–Trinajstić information content (AvgIpc) is 2.79. The molecule has 2 heterocycles. The number of nitrogens with one attached hydrogen (secondary N) is 1. The Balaban J connectivity index is 2.02. The summed E-state index contributed by atoms with van der Waals surface area (Å²) < 4.78 is 4.96. The molecule has 5 heteroatoms. The first-order valence-corrected chi connectivity index (χ1v) is 5.88. The van der Waals surface area contributed by atoms with Crippen molar-refractivity contribution < 1.29 is 4.74 Å². The van der Waals surface area contributed by atoms with E-state index in [9.17, 15) is 0 Å². The maximum Gasteiger partial charge on any atom is 0.183 e. The summed E-state index contributed by atoms with van der Waals surface area (Å²) >= 11 is 1.58. The largest absolute Gasteiger partial charge is 0.383 e. The maximum absolute atomic E-state index is 4.96. The third kappa shape index (κ3) is 2.77. The Morgan fingerprint density at radius 1 is 1.38 bits per heavy atom. The number of aromatic nitrogens is 2. The Kier molecular flexibility index (Phi) is 3.85. The normalized spacial score (nSPS) is 10.3. The lowest BCUT2D eigenvalue weighted by Crippen LogP contribution is -2.07. The van der Waals surface area contributed by atoms with Crippen LogP contribution >= 0.6 is 11.3 Å². The molecule has 16 heavy (non-hydrogen) atoms. The fraction of sp³-hybridized carbons (Fsp3) is 0.273. The predicted molar refractivity (Wildman–Crippen MR) is 65.7 cm³/mol. The highest BCUT2D eigenvalue weighted by atomic mass is 32.1. The van der Waals surface area contributed by atoms with Crippen LogP contribution in [0.3, 0.4) is 0 Å². The second-order valence-electron chi connectivity index (χ2n) is 3.17. The number of nitrogens with zero attached hydrogens (tertiary/aromatic N) is 2. The van der Waals surface area contributed by atoms with E-state index in [1.807, 2.05) is 23.6 Å². The van der Waals surface area contributed by atoms with Crippen LogP contribution in [0.25, 0.3) is 11.4 Å². The Bertz CT molecular complexity index is 430. The Hall–Kier alpha value is -1.46. The van der Waals surface area contributed by atoms with Crippen LogP contribution in [0, 0.1) is 0 Å². The summed E-state index contributed by atoms with van der Waals surface area (Å²) in [5, 5.41) is 6.09. The third-order valence-electron chi connectivity index (χ3n) is 2.01. The first-order valence-electron chi connectivity index (χ1n) is 5.00. The van der Waals surface area contributed by atoms with Crippen LogP contribution in [-0.2, 0) is 4.74 Å². The van der Waals surface area contributed by atoms with Crippen molar-refractivity contribution in [3.8, 4) is 11.4 Å². The van der Waals surface area contributed by atoms with Gasteiger partial charge in [-0.1, -0.05) is 6.07 Å². The molecule has 0 saturated carbocycles. The Morgan fingerprint density at radius 2 is 2.31 bits per heavy atom. The van der Waals surface area contributed by atoms with E-state index >= 15 is 0 Å². The molecule has 0 radical (unpaired) electrons. The van der Waals surface area contributed by atoms with Gasteiger partial charge in [0.15, 0.2) is 5.13 Å². The number of pyridine rings is 1. The second-order valence-corrected chi connectivity index (χ2v) is 4.03. The molecule has 0 amide bonds. The highest BCUT2D eigenvalue weighted by molar-refractivity contribution is 7.14. The van der Waals surface area contributed by atoms with Crippen LogP contribution in [0.5, 0.6) is 0 Å². The average molecular weight is 235 g/mol. The molecule has 2 aromatic heterocycles. The van der Waals surface area contributed by atoms with Gasteiger partial charge in [-0.05, 0) is 12.1 Å². The number of rotatable bonds is 5. The Morgan fingerprint density at radius 3 is 3.06 bits per heavy atom.